The minimum atomic E-state index is -3.50. The molecule has 144 valence electrons. The summed E-state index contributed by atoms with van der Waals surface area (Å²) in [5, 5.41) is 0.0973. The smallest absolute Gasteiger partial charge is 0.259 e. The Morgan fingerprint density at radius 1 is 1.19 bits per heavy atom. The molecule has 1 aromatic carbocycles. The summed E-state index contributed by atoms with van der Waals surface area (Å²) in [7, 11) is -1.71. The summed E-state index contributed by atoms with van der Waals surface area (Å²) in [4.78, 5) is 6.52. The first-order valence-electron chi connectivity index (χ1n) is 8.74. The number of hydrogen-bond donors (Lipinski definition) is 1. The first kappa shape index (κ1) is 20.9. The second kappa shape index (κ2) is 8.99. The van der Waals surface area contributed by atoms with E-state index in [0.29, 0.717) is 12.4 Å². The topological polar surface area (TPSA) is 67.2 Å². The summed E-state index contributed by atoms with van der Waals surface area (Å²) < 4.78 is 28.8. The molecule has 0 radical (unpaired) electrons. The van der Waals surface area contributed by atoms with E-state index in [1.807, 2.05) is 0 Å². The average Bonchev–Trinajstić information content (AvgIpc) is 2.94. The van der Waals surface area contributed by atoms with Gasteiger partial charge in [-0.3, -0.25) is 4.90 Å². The molecule has 0 saturated heterocycles. The van der Waals surface area contributed by atoms with Crippen molar-refractivity contribution in [1.82, 2.24) is 19.2 Å². The molecule has 0 atom stereocenters. The van der Waals surface area contributed by atoms with Crippen LogP contribution in [0.4, 0.5) is 0 Å². The van der Waals surface area contributed by atoms with E-state index >= 15 is 0 Å². The number of hydrogen-bond acceptors (Lipinski definition) is 4. The molecule has 0 saturated carbocycles. The minimum Gasteiger partial charge on any atom is -0.337 e. The van der Waals surface area contributed by atoms with Gasteiger partial charge in [-0.15, -0.1) is 12.4 Å². The number of aromatic nitrogens is 2. The van der Waals surface area contributed by atoms with Gasteiger partial charge in [-0.05, 0) is 43.9 Å². The number of aryl methyl sites for hydroxylation is 2. The fraction of sp³-hybridized carbons (Fsp3) is 0.500. The molecular weight excluding hydrogens is 372 g/mol. The second-order valence-electron chi connectivity index (χ2n) is 6.64. The van der Waals surface area contributed by atoms with Crippen molar-refractivity contribution in [2.45, 2.75) is 37.8 Å². The number of sulfonamides is 1. The molecule has 1 aliphatic rings. The Morgan fingerprint density at radius 3 is 2.62 bits per heavy atom. The van der Waals surface area contributed by atoms with Crippen LogP contribution in [0.25, 0.3) is 0 Å². The van der Waals surface area contributed by atoms with Gasteiger partial charge in [0, 0.05) is 32.9 Å². The van der Waals surface area contributed by atoms with Crippen LogP contribution in [-0.2, 0) is 30.0 Å². The number of benzene rings is 1. The number of nitrogens with zero attached hydrogens (tertiary/aromatic N) is 3. The Bertz CT molecular complexity index is 816. The lowest BCUT2D eigenvalue weighted by molar-refractivity contribution is 0.249. The van der Waals surface area contributed by atoms with E-state index in [1.54, 1.807) is 24.7 Å². The van der Waals surface area contributed by atoms with Gasteiger partial charge < -0.3 is 4.57 Å². The van der Waals surface area contributed by atoms with Gasteiger partial charge in [-0.2, -0.15) is 0 Å². The molecule has 3 rings (SSSR count). The third-order valence-corrected chi connectivity index (χ3v) is 6.10. The maximum absolute atomic E-state index is 12.2. The molecule has 0 bridgehead atoms. The van der Waals surface area contributed by atoms with Crippen molar-refractivity contribution in [2.24, 2.45) is 7.05 Å². The van der Waals surface area contributed by atoms with E-state index in [0.717, 1.165) is 38.9 Å². The van der Waals surface area contributed by atoms with Gasteiger partial charge in [-0.1, -0.05) is 24.3 Å². The van der Waals surface area contributed by atoms with E-state index in [4.69, 9.17) is 0 Å². The van der Waals surface area contributed by atoms with Crippen LogP contribution < -0.4 is 4.72 Å². The molecule has 1 N–H and O–H groups in total. The summed E-state index contributed by atoms with van der Waals surface area (Å²) in [5.41, 5.74) is 2.87. The van der Waals surface area contributed by atoms with Crippen LogP contribution in [0.5, 0.6) is 0 Å². The van der Waals surface area contributed by atoms with Crippen molar-refractivity contribution < 1.29 is 8.42 Å². The molecule has 1 aromatic heterocycles. The molecule has 26 heavy (non-hydrogen) atoms. The van der Waals surface area contributed by atoms with Gasteiger partial charge in [0.25, 0.3) is 10.0 Å². The Kier molecular flexibility index (Phi) is 7.23. The van der Waals surface area contributed by atoms with Gasteiger partial charge >= 0.3 is 0 Å². The monoisotopic (exact) mass is 398 g/mol. The summed E-state index contributed by atoms with van der Waals surface area (Å²) in [6.45, 7) is 5.31. The van der Waals surface area contributed by atoms with Crippen molar-refractivity contribution >= 4 is 22.4 Å². The molecule has 0 unspecified atom stereocenters. The Morgan fingerprint density at radius 2 is 1.92 bits per heavy atom. The first-order valence-corrected chi connectivity index (χ1v) is 10.2. The third-order valence-electron chi connectivity index (χ3n) is 4.76. The number of unbranched alkanes of at least 4 members (excludes halogenated alkanes) is 1. The average molecular weight is 399 g/mol. The van der Waals surface area contributed by atoms with Crippen molar-refractivity contribution in [2.75, 3.05) is 19.6 Å². The van der Waals surface area contributed by atoms with Crippen LogP contribution in [0.3, 0.4) is 0 Å². The molecule has 1 aliphatic heterocycles. The van der Waals surface area contributed by atoms with Gasteiger partial charge in [0.2, 0.25) is 0 Å². The second-order valence-corrected chi connectivity index (χ2v) is 8.35. The number of nitrogens with one attached hydrogen (secondary N) is 1. The highest BCUT2D eigenvalue weighted by atomic mass is 35.5. The Balaban J connectivity index is 0.00000243. The zero-order valence-electron chi connectivity index (χ0n) is 15.3. The van der Waals surface area contributed by atoms with Crippen molar-refractivity contribution in [3.8, 4) is 0 Å². The maximum Gasteiger partial charge on any atom is 0.259 e. The Hall–Kier alpha value is -1.41. The van der Waals surface area contributed by atoms with Crippen LogP contribution >= 0.6 is 12.4 Å². The molecular formula is C18H27ClN4O2S. The third kappa shape index (κ3) is 5.07. The zero-order valence-corrected chi connectivity index (χ0v) is 16.9. The normalized spacial score (nSPS) is 14.7. The lowest BCUT2D eigenvalue weighted by Crippen LogP contribution is -2.32. The SMILES string of the molecule is Cc1nc(S(=O)(=O)NCCCCN2CCc3ccccc3C2)cn1C.Cl. The number of fused-ring (bicyclic) bond motifs is 1. The predicted molar refractivity (Wildman–Crippen MR) is 105 cm³/mol. The number of rotatable bonds is 7. The highest BCUT2D eigenvalue weighted by Gasteiger charge is 2.18. The molecule has 0 amide bonds. The zero-order chi connectivity index (χ0) is 17.9. The van der Waals surface area contributed by atoms with E-state index < -0.39 is 10.0 Å². The summed E-state index contributed by atoms with van der Waals surface area (Å²) in [5.74, 6) is 0.686. The minimum absolute atomic E-state index is 0. The quantitative estimate of drug-likeness (QED) is 0.726. The first-order chi connectivity index (χ1) is 12.0. The van der Waals surface area contributed by atoms with Gasteiger partial charge in [-0.25, -0.2) is 18.1 Å². The molecule has 2 aromatic rings. The highest BCUT2D eigenvalue weighted by molar-refractivity contribution is 7.89. The van der Waals surface area contributed by atoms with Crippen molar-refractivity contribution in [3.63, 3.8) is 0 Å². The summed E-state index contributed by atoms with van der Waals surface area (Å²) in [6, 6.07) is 8.60. The maximum atomic E-state index is 12.2. The van der Waals surface area contributed by atoms with Crippen LogP contribution in [0, 0.1) is 6.92 Å². The van der Waals surface area contributed by atoms with E-state index in [-0.39, 0.29) is 17.4 Å². The van der Waals surface area contributed by atoms with E-state index in [9.17, 15) is 8.42 Å². The number of imidazole rings is 1. The molecule has 0 fully saturated rings. The predicted octanol–water partition coefficient (Wildman–Crippen LogP) is 2.27. The fourth-order valence-corrected chi connectivity index (χ4v) is 4.25. The highest BCUT2D eigenvalue weighted by Crippen LogP contribution is 2.18. The molecule has 8 heteroatoms. The van der Waals surface area contributed by atoms with Gasteiger partial charge in [0.15, 0.2) is 5.03 Å². The molecule has 0 aliphatic carbocycles. The fourth-order valence-electron chi connectivity index (χ4n) is 3.14. The molecule has 0 spiro atoms. The summed E-state index contributed by atoms with van der Waals surface area (Å²) in [6.07, 6.45) is 4.44. The Labute approximate surface area is 162 Å². The standard InChI is InChI=1S/C18H26N4O2S.ClH/c1-15-20-18(14-21(15)2)25(23,24)19-10-5-6-11-22-12-9-16-7-3-4-8-17(16)13-22;/h3-4,7-8,14,19H,5-6,9-13H2,1-2H3;1H. The van der Waals surface area contributed by atoms with Gasteiger partial charge in [0.1, 0.15) is 5.82 Å². The van der Waals surface area contributed by atoms with Gasteiger partial charge in [0.05, 0.1) is 0 Å². The number of halogens is 1. The van der Waals surface area contributed by atoms with Crippen LogP contribution in [0.15, 0.2) is 35.5 Å². The van der Waals surface area contributed by atoms with Crippen LogP contribution in [0.1, 0.15) is 29.8 Å². The summed E-state index contributed by atoms with van der Waals surface area (Å²) >= 11 is 0. The van der Waals surface area contributed by atoms with Crippen LogP contribution in [0.2, 0.25) is 0 Å². The van der Waals surface area contributed by atoms with Crippen molar-refractivity contribution in [1.29, 1.82) is 0 Å². The van der Waals surface area contributed by atoms with E-state index in [1.165, 1.54) is 11.1 Å². The largest absolute Gasteiger partial charge is 0.337 e. The van der Waals surface area contributed by atoms with E-state index in [2.05, 4.69) is 38.9 Å². The molecule has 2 heterocycles. The lowest BCUT2D eigenvalue weighted by atomic mass is 10.00. The molecule has 6 nitrogen and oxygen atoms in total. The lowest BCUT2D eigenvalue weighted by Gasteiger charge is -2.28. The van der Waals surface area contributed by atoms with Crippen LogP contribution in [-0.4, -0.2) is 42.5 Å². The van der Waals surface area contributed by atoms with Crippen molar-refractivity contribution in [3.05, 3.63) is 47.4 Å².